The number of carboxylic acids is 1. The van der Waals surface area contributed by atoms with E-state index in [9.17, 15) is 4.79 Å². The molecule has 0 amide bonds. The van der Waals surface area contributed by atoms with E-state index >= 15 is 0 Å². The Morgan fingerprint density at radius 2 is 2.33 bits per heavy atom. The molecule has 0 saturated heterocycles. The third-order valence-corrected chi connectivity index (χ3v) is 3.43. The number of hydrogen-bond donors (Lipinski definition) is 2. The summed E-state index contributed by atoms with van der Waals surface area (Å²) < 4.78 is 0. The van der Waals surface area contributed by atoms with Crippen molar-refractivity contribution in [2.45, 2.75) is 18.9 Å². The van der Waals surface area contributed by atoms with E-state index < -0.39 is 12.0 Å². The van der Waals surface area contributed by atoms with Crippen LogP contribution in [0.1, 0.15) is 11.1 Å². The highest BCUT2D eigenvalue weighted by Crippen LogP contribution is 2.28. The first kappa shape index (κ1) is 13.2. The number of fused-ring (bicyclic) bond motifs is 1. The van der Waals surface area contributed by atoms with Crippen molar-refractivity contribution in [1.29, 1.82) is 0 Å². The lowest BCUT2D eigenvalue weighted by molar-refractivity contribution is -0.138. The zero-order chi connectivity index (χ0) is 13.1. The van der Waals surface area contributed by atoms with Crippen LogP contribution in [0.5, 0.6) is 0 Å². The molecule has 5 heteroatoms. The van der Waals surface area contributed by atoms with Crippen molar-refractivity contribution in [2.24, 2.45) is 5.73 Å². The fourth-order valence-corrected chi connectivity index (χ4v) is 2.53. The van der Waals surface area contributed by atoms with Crippen LogP contribution in [0, 0.1) is 0 Å². The Labute approximate surface area is 111 Å². The van der Waals surface area contributed by atoms with Crippen molar-refractivity contribution >= 4 is 23.3 Å². The number of aliphatic carboxylic acids is 1. The van der Waals surface area contributed by atoms with Gasteiger partial charge in [0.2, 0.25) is 0 Å². The number of nitrogens with zero attached hydrogens (tertiary/aromatic N) is 1. The number of nitrogens with two attached hydrogens (primary N) is 1. The molecule has 0 radical (unpaired) electrons. The molecular weight excluding hydrogens is 252 g/mol. The van der Waals surface area contributed by atoms with E-state index in [1.165, 1.54) is 11.3 Å². The minimum atomic E-state index is -0.959. The summed E-state index contributed by atoms with van der Waals surface area (Å²) in [5.74, 6) is -0.343. The largest absolute Gasteiger partial charge is 0.480 e. The van der Waals surface area contributed by atoms with Crippen molar-refractivity contribution in [3.05, 3.63) is 29.3 Å². The van der Waals surface area contributed by atoms with Crippen LogP contribution in [0.2, 0.25) is 0 Å². The number of halogens is 1. The van der Waals surface area contributed by atoms with Crippen LogP contribution in [0.25, 0.3) is 0 Å². The van der Waals surface area contributed by atoms with Crippen molar-refractivity contribution in [1.82, 2.24) is 0 Å². The van der Waals surface area contributed by atoms with E-state index in [0.29, 0.717) is 12.3 Å². The molecule has 1 heterocycles. The van der Waals surface area contributed by atoms with E-state index in [1.807, 2.05) is 12.1 Å². The zero-order valence-electron chi connectivity index (χ0n) is 10.1. The Hall–Kier alpha value is -1.26. The van der Waals surface area contributed by atoms with Crippen LogP contribution in [-0.4, -0.2) is 36.1 Å². The molecular formula is C13H17ClN2O2. The molecule has 4 nitrogen and oxygen atoms in total. The van der Waals surface area contributed by atoms with Gasteiger partial charge in [-0.3, -0.25) is 4.79 Å². The lowest BCUT2D eigenvalue weighted by Crippen LogP contribution is -2.32. The first-order chi connectivity index (χ1) is 8.61. The summed E-state index contributed by atoms with van der Waals surface area (Å²) in [7, 11) is 0. The molecule has 0 saturated carbocycles. The molecule has 1 aromatic rings. The van der Waals surface area contributed by atoms with Gasteiger partial charge >= 0.3 is 5.97 Å². The Kier molecular flexibility index (Phi) is 4.09. The molecule has 18 heavy (non-hydrogen) atoms. The average Bonchev–Trinajstić information content (AvgIpc) is 2.72. The van der Waals surface area contributed by atoms with Gasteiger partial charge in [-0.25, -0.2) is 0 Å². The van der Waals surface area contributed by atoms with Crippen LogP contribution in [0.4, 0.5) is 5.69 Å². The van der Waals surface area contributed by atoms with E-state index in [-0.39, 0.29) is 0 Å². The summed E-state index contributed by atoms with van der Waals surface area (Å²) in [6, 6.07) is 5.22. The molecule has 1 aliphatic heterocycles. The van der Waals surface area contributed by atoms with Gasteiger partial charge in [0, 0.05) is 24.7 Å². The average molecular weight is 269 g/mol. The van der Waals surface area contributed by atoms with Crippen LogP contribution in [0.3, 0.4) is 0 Å². The molecule has 2 rings (SSSR count). The number of benzene rings is 1. The second-order valence-corrected chi connectivity index (χ2v) is 4.92. The third kappa shape index (κ3) is 2.76. The van der Waals surface area contributed by atoms with Crippen molar-refractivity contribution in [3.8, 4) is 0 Å². The maximum Gasteiger partial charge on any atom is 0.320 e. The van der Waals surface area contributed by atoms with Crippen LogP contribution in [0.15, 0.2) is 18.2 Å². The predicted octanol–water partition coefficient (Wildman–Crippen LogP) is 1.24. The van der Waals surface area contributed by atoms with E-state index in [1.54, 1.807) is 0 Å². The number of alkyl halides is 1. The van der Waals surface area contributed by atoms with Gasteiger partial charge in [-0.05, 0) is 30.0 Å². The zero-order valence-corrected chi connectivity index (χ0v) is 10.9. The summed E-state index contributed by atoms with van der Waals surface area (Å²) in [6.07, 6.45) is 1.36. The number of carboxylic acid groups (broad SMARTS) is 1. The quantitative estimate of drug-likeness (QED) is 0.789. The van der Waals surface area contributed by atoms with E-state index in [2.05, 4.69) is 11.0 Å². The highest BCUT2D eigenvalue weighted by atomic mass is 35.5. The monoisotopic (exact) mass is 268 g/mol. The van der Waals surface area contributed by atoms with Gasteiger partial charge in [0.15, 0.2) is 0 Å². The molecule has 3 N–H and O–H groups in total. The Balaban J connectivity index is 2.12. The highest BCUT2D eigenvalue weighted by molar-refractivity contribution is 6.18. The molecule has 0 aliphatic carbocycles. The van der Waals surface area contributed by atoms with Gasteiger partial charge in [-0.1, -0.05) is 12.1 Å². The molecule has 1 aromatic carbocycles. The third-order valence-electron chi connectivity index (χ3n) is 3.26. The van der Waals surface area contributed by atoms with Gasteiger partial charge < -0.3 is 15.7 Å². The number of rotatable bonds is 5. The van der Waals surface area contributed by atoms with Crippen molar-refractivity contribution < 1.29 is 9.90 Å². The highest BCUT2D eigenvalue weighted by Gasteiger charge is 2.19. The van der Waals surface area contributed by atoms with Gasteiger partial charge in [-0.2, -0.15) is 0 Å². The minimum Gasteiger partial charge on any atom is -0.480 e. The molecule has 1 atom stereocenters. The number of carbonyl (C=O) groups is 1. The molecule has 0 bridgehead atoms. The molecule has 1 aliphatic rings. The van der Waals surface area contributed by atoms with Crippen molar-refractivity contribution in [2.75, 3.05) is 23.9 Å². The summed E-state index contributed by atoms with van der Waals surface area (Å²) in [5.41, 5.74) is 8.99. The summed E-state index contributed by atoms with van der Waals surface area (Å²) in [5, 5.41) is 8.80. The standard InChI is InChI=1S/C13H17ClN2O2/c14-4-6-16-5-3-10-7-9(1-2-12(10)16)8-11(15)13(17)18/h1-2,7,11H,3-6,8,15H2,(H,17,18). The fourth-order valence-electron chi connectivity index (χ4n) is 2.33. The SMILES string of the molecule is NC(Cc1ccc2c(c1)CCN2CCCl)C(=O)O. The van der Waals surface area contributed by atoms with E-state index in [0.717, 1.165) is 25.1 Å². The molecule has 1 unspecified atom stereocenters. The first-order valence-corrected chi connectivity index (χ1v) is 6.56. The maximum absolute atomic E-state index is 10.7. The summed E-state index contributed by atoms with van der Waals surface area (Å²) >= 11 is 5.76. The van der Waals surface area contributed by atoms with Gasteiger partial charge in [-0.15, -0.1) is 11.6 Å². The van der Waals surface area contributed by atoms with Crippen LogP contribution in [-0.2, 0) is 17.6 Å². The predicted molar refractivity (Wildman–Crippen MR) is 72.4 cm³/mol. The smallest absolute Gasteiger partial charge is 0.320 e. The molecule has 0 fully saturated rings. The normalized spacial score (nSPS) is 15.6. The van der Waals surface area contributed by atoms with Crippen LogP contribution >= 0.6 is 11.6 Å². The van der Waals surface area contributed by atoms with Gasteiger partial charge in [0.1, 0.15) is 6.04 Å². The topological polar surface area (TPSA) is 66.6 Å². The summed E-state index contributed by atoms with van der Waals surface area (Å²) in [6.45, 7) is 1.83. The number of hydrogen-bond acceptors (Lipinski definition) is 3. The Morgan fingerprint density at radius 1 is 1.56 bits per heavy atom. The van der Waals surface area contributed by atoms with Gasteiger partial charge in [0.25, 0.3) is 0 Å². The van der Waals surface area contributed by atoms with Crippen LogP contribution < -0.4 is 10.6 Å². The lowest BCUT2D eigenvalue weighted by Gasteiger charge is -2.18. The van der Waals surface area contributed by atoms with E-state index in [4.69, 9.17) is 22.4 Å². The number of anilines is 1. The second kappa shape index (κ2) is 5.59. The van der Waals surface area contributed by atoms with Gasteiger partial charge in [0.05, 0.1) is 0 Å². The Morgan fingerprint density at radius 3 is 3.00 bits per heavy atom. The molecule has 98 valence electrons. The fraction of sp³-hybridized carbons (Fsp3) is 0.462. The molecule has 0 aromatic heterocycles. The maximum atomic E-state index is 10.7. The molecule has 0 spiro atoms. The first-order valence-electron chi connectivity index (χ1n) is 6.03. The van der Waals surface area contributed by atoms with Crippen molar-refractivity contribution in [3.63, 3.8) is 0 Å². The summed E-state index contributed by atoms with van der Waals surface area (Å²) in [4.78, 5) is 13.0. The minimum absolute atomic E-state index is 0.373. The lowest BCUT2D eigenvalue weighted by atomic mass is 10.0. The Bertz CT molecular complexity index is 451. The second-order valence-electron chi connectivity index (χ2n) is 4.54.